The van der Waals surface area contributed by atoms with E-state index in [1.807, 2.05) is 6.92 Å². The largest absolute Gasteiger partial charge is 0.496 e. The zero-order chi connectivity index (χ0) is 17.9. The Morgan fingerprint density at radius 3 is 2.25 bits per heavy atom. The molecule has 1 amide bonds. The summed E-state index contributed by atoms with van der Waals surface area (Å²) >= 11 is 0. The third-order valence-electron chi connectivity index (χ3n) is 4.51. The first kappa shape index (κ1) is 18.1. The molecule has 2 rings (SSSR count). The molecule has 1 saturated heterocycles. The minimum absolute atomic E-state index is 0.0474. The van der Waals surface area contributed by atoms with Crippen LogP contribution >= 0.6 is 0 Å². The molecule has 1 aliphatic heterocycles. The molecule has 0 radical (unpaired) electrons. The number of hydrogen-bond donors (Lipinski definition) is 1. The van der Waals surface area contributed by atoms with Crippen LogP contribution in [-0.4, -0.2) is 61.9 Å². The molecule has 1 unspecified atom stereocenters. The summed E-state index contributed by atoms with van der Waals surface area (Å²) in [5, 5.41) is 9.68. The standard InChI is InChI=1S/C17H23NO6/c1-11-13(23-3)8-12(9-14(11)24-4)15(19)18-7-5-6-17(18,10-22-2)16(20)21/h8-9H,5-7,10H2,1-4H3,(H,20,21). The Hall–Kier alpha value is -2.28. The summed E-state index contributed by atoms with van der Waals surface area (Å²) in [4.78, 5) is 26.2. The second-order valence-corrected chi connectivity index (χ2v) is 5.84. The van der Waals surface area contributed by atoms with Gasteiger partial charge in [-0.05, 0) is 31.9 Å². The molecule has 0 aliphatic carbocycles. The smallest absolute Gasteiger partial charge is 0.332 e. The summed E-state index contributed by atoms with van der Waals surface area (Å²) in [6, 6.07) is 3.22. The maximum atomic E-state index is 13.0. The SMILES string of the molecule is COCC1(C(=O)O)CCCN1C(=O)c1cc(OC)c(C)c(OC)c1. The predicted octanol–water partition coefficient (Wildman–Crippen LogP) is 1.72. The highest BCUT2D eigenvalue weighted by Crippen LogP contribution is 2.35. The minimum atomic E-state index is -1.34. The third kappa shape index (κ3) is 2.91. The summed E-state index contributed by atoms with van der Waals surface area (Å²) in [7, 11) is 4.46. The van der Waals surface area contributed by atoms with Crippen LogP contribution in [0.5, 0.6) is 11.5 Å². The molecular weight excluding hydrogens is 314 g/mol. The Kier molecular flexibility index (Phi) is 5.33. The van der Waals surface area contributed by atoms with E-state index in [0.717, 1.165) is 5.56 Å². The molecule has 0 spiro atoms. The molecule has 24 heavy (non-hydrogen) atoms. The van der Waals surface area contributed by atoms with Crippen molar-refractivity contribution < 1.29 is 28.9 Å². The fourth-order valence-electron chi connectivity index (χ4n) is 3.21. The van der Waals surface area contributed by atoms with E-state index in [-0.39, 0.29) is 12.5 Å². The van der Waals surface area contributed by atoms with Gasteiger partial charge < -0.3 is 24.2 Å². The van der Waals surface area contributed by atoms with Gasteiger partial charge in [0.05, 0.1) is 20.8 Å². The van der Waals surface area contributed by atoms with E-state index in [1.165, 1.54) is 26.2 Å². The summed E-state index contributed by atoms with van der Waals surface area (Å²) in [5.74, 6) is -0.390. The minimum Gasteiger partial charge on any atom is -0.496 e. The van der Waals surface area contributed by atoms with Gasteiger partial charge >= 0.3 is 5.97 Å². The average molecular weight is 337 g/mol. The van der Waals surface area contributed by atoms with Gasteiger partial charge in [-0.1, -0.05) is 0 Å². The topological polar surface area (TPSA) is 85.3 Å². The number of likely N-dealkylation sites (tertiary alicyclic amines) is 1. The van der Waals surface area contributed by atoms with Gasteiger partial charge in [0, 0.05) is 24.8 Å². The fourth-order valence-corrected chi connectivity index (χ4v) is 3.21. The maximum Gasteiger partial charge on any atom is 0.332 e. The average Bonchev–Trinajstić information content (AvgIpc) is 2.99. The number of hydrogen-bond acceptors (Lipinski definition) is 5. The van der Waals surface area contributed by atoms with Gasteiger partial charge in [-0.2, -0.15) is 0 Å². The lowest BCUT2D eigenvalue weighted by Crippen LogP contribution is -2.56. The molecule has 1 aromatic rings. The third-order valence-corrected chi connectivity index (χ3v) is 4.51. The van der Waals surface area contributed by atoms with Crippen molar-refractivity contribution >= 4 is 11.9 Å². The van der Waals surface area contributed by atoms with Crippen LogP contribution in [0.2, 0.25) is 0 Å². The highest BCUT2D eigenvalue weighted by molar-refractivity contribution is 5.99. The second kappa shape index (κ2) is 7.09. The Morgan fingerprint density at radius 2 is 1.79 bits per heavy atom. The van der Waals surface area contributed by atoms with E-state index in [9.17, 15) is 14.7 Å². The summed E-state index contributed by atoms with van der Waals surface area (Å²) < 4.78 is 15.7. The number of aliphatic carboxylic acids is 1. The van der Waals surface area contributed by atoms with Crippen molar-refractivity contribution in [1.82, 2.24) is 4.90 Å². The van der Waals surface area contributed by atoms with E-state index < -0.39 is 11.5 Å². The van der Waals surface area contributed by atoms with Crippen LogP contribution in [0.4, 0.5) is 0 Å². The van der Waals surface area contributed by atoms with E-state index in [4.69, 9.17) is 14.2 Å². The van der Waals surface area contributed by atoms with E-state index in [2.05, 4.69) is 0 Å². The number of carboxylic acid groups (broad SMARTS) is 1. The molecule has 1 aromatic carbocycles. The van der Waals surface area contributed by atoms with E-state index in [0.29, 0.717) is 36.4 Å². The molecule has 1 heterocycles. The molecular formula is C17H23NO6. The summed E-state index contributed by atoms with van der Waals surface area (Å²) in [6.45, 7) is 2.15. The molecule has 1 aliphatic rings. The number of nitrogens with zero attached hydrogens (tertiary/aromatic N) is 1. The van der Waals surface area contributed by atoms with Crippen molar-refractivity contribution in [2.75, 3.05) is 34.5 Å². The van der Waals surface area contributed by atoms with Crippen molar-refractivity contribution in [2.24, 2.45) is 0 Å². The lowest BCUT2D eigenvalue weighted by molar-refractivity contribution is -0.151. The number of ether oxygens (including phenoxy) is 3. The molecule has 7 nitrogen and oxygen atoms in total. The Morgan fingerprint density at radius 1 is 1.21 bits per heavy atom. The molecule has 0 saturated carbocycles. The Balaban J connectivity index is 2.45. The summed E-state index contributed by atoms with van der Waals surface area (Å²) in [6.07, 6.45) is 0.976. The highest BCUT2D eigenvalue weighted by Gasteiger charge is 2.50. The molecule has 1 fully saturated rings. The first-order valence-corrected chi connectivity index (χ1v) is 7.68. The zero-order valence-corrected chi connectivity index (χ0v) is 14.4. The number of methoxy groups -OCH3 is 3. The number of carbonyl (C=O) groups is 2. The maximum absolute atomic E-state index is 13.0. The van der Waals surface area contributed by atoms with Gasteiger partial charge in [0.1, 0.15) is 11.5 Å². The van der Waals surface area contributed by atoms with Gasteiger partial charge in [0.15, 0.2) is 5.54 Å². The van der Waals surface area contributed by atoms with E-state index in [1.54, 1.807) is 12.1 Å². The number of benzene rings is 1. The van der Waals surface area contributed by atoms with Gasteiger partial charge in [0.25, 0.3) is 5.91 Å². The van der Waals surface area contributed by atoms with Gasteiger partial charge in [0.2, 0.25) is 0 Å². The van der Waals surface area contributed by atoms with Crippen LogP contribution in [0, 0.1) is 6.92 Å². The zero-order valence-electron chi connectivity index (χ0n) is 14.4. The Bertz CT molecular complexity index is 619. The molecule has 0 aromatic heterocycles. The molecule has 1 N–H and O–H groups in total. The normalized spacial score (nSPS) is 20.1. The Labute approximate surface area is 141 Å². The molecule has 1 atom stereocenters. The van der Waals surface area contributed by atoms with Crippen molar-refractivity contribution in [2.45, 2.75) is 25.3 Å². The van der Waals surface area contributed by atoms with Crippen molar-refractivity contribution in [3.05, 3.63) is 23.3 Å². The highest BCUT2D eigenvalue weighted by atomic mass is 16.5. The fraction of sp³-hybridized carbons (Fsp3) is 0.529. The van der Waals surface area contributed by atoms with Crippen molar-refractivity contribution in [1.29, 1.82) is 0 Å². The monoisotopic (exact) mass is 337 g/mol. The lowest BCUT2D eigenvalue weighted by Gasteiger charge is -2.34. The van der Waals surface area contributed by atoms with Gasteiger partial charge in [-0.15, -0.1) is 0 Å². The number of rotatable bonds is 6. The first-order valence-electron chi connectivity index (χ1n) is 7.68. The van der Waals surface area contributed by atoms with Crippen molar-refractivity contribution in [3.8, 4) is 11.5 Å². The van der Waals surface area contributed by atoms with Gasteiger partial charge in [-0.25, -0.2) is 4.79 Å². The van der Waals surface area contributed by atoms with E-state index >= 15 is 0 Å². The van der Waals surface area contributed by atoms with Crippen LogP contribution in [-0.2, 0) is 9.53 Å². The van der Waals surface area contributed by atoms with Crippen LogP contribution in [0.25, 0.3) is 0 Å². The second-order valence-electron chi connectivity index (χ2n) is 5.84. The first-order chi connectivity index (χ1) is 11.4. The number of amides is 1. The lowest BCUT2D eigenvalue weighted by atomic mass is 9.96. The van der Waals surface area contributed by atoms with Gasteiger partial charge in [-0.3, -0.25) is 4.79 Å². The number of carbonyl (C=O) groups excluding carboxylic acids is 1. The number of carboxylic acids is 1. The van der Waals surface area contributed by atoms with Crippen LogP contribution in [0.3, 0.4) is 0 Å². The predicted molar refractivity (Wildman–Crippen MR) is 86.8 cm³/mol. The van der Waals surface area contributed by atoms with Crippen LogP contribution < -0.4 is 9.47 Å². The summed E-state index contributed by atoms with van der Waals surface area (Å²) in [5.41, 5.74) is -0.228. The van der Waals surface area contributed by atoms with Crippen LogP contribution in [0.1, 0.15) is 28.8 Å². The van der Waals surface area contributed by atoms with Crippen LogP contribution in [0.15, 0.2) is 12.1 Å². The molecule has 0 bridgehead atoms. The molecule has 7 heteroatoms. The molecule has 132 valence electrons. The van der Waals surface area contributed by atoms with Crippen molar-refractivity contribution in [3.63, 3.8) is 0 Å². The quantitative estimate of drug-likeness (QED) is 0.851.